The molecule has 0 spiro atoms. The van der Waals surface area contributed by atoms with Crippen molar-refractivity contribution in [2.75, 3.05) is 11.8 Å². The summed E-state index contributed by atoms with van der Waals surface area (Å²) in [6.45, 7) is 2.88. The van der Waals surface area contributed by atoms with Crippen LogP contribution in [0, 0.1) is 5.92 Å². The van der Waals surface area contributed by atoms with Crippen molar-refractivity contribution in [3.63, 3.8) is 0 Å². The van der Waals surface area contributed by atoms with Crippen LogP contribution < -0.4 is 0 Å². The van der Waals surface area contributed by atoms with Crippen LogP contribution in [0.5, 0.6) is 0 Å². The minimum absolute atomic E-state index is 0.290. The van der Waals surface area contributed by atoms with Crippen molar-refractivity contribution in [3.8, 4) is 0 Å². The van der Waals surface area contributed by atoms with Crippen molar-refractivity contribution in [2.45, 2.75) is 19.9 Å². The molecule has 0 atom stereocenters. The highest BCUT2D eigenvalue weighted by atomic mass is 35.5. The SMILES string of the molecule is CCn1ncnc1CC(CCl)CCl. The first-order chi connectivity index (χ1) is 6.31. The lowest BCUT2D eigenvalue weighted by Crippen LogP contribution is -2.13. The fraction of sp³-hybridized carbons (Fsp3) is 0.750. The number of aryl methyl sites for hydroxylation is 1. The van der Waals surface area contributed by atoms with Crippen molar-refractivity contribution in [1.29, 1.82) is 0 Å². The minimum Gasteiger partial charge on any atom is -0.250 e. The molecule has 0 aliphatic rings. The minimum atomic E-state index is 0.290. The van der Waals surface area contributed by atoms with Crippen LogP contribution in [0.1, 0.15) is 12.7 Å². The number of rotatable bonds is 5. The van der Waals surface area contributed by atoms with E-state index in [1.807, 2.05) is 11.6 Å². The molecule has 1 aromatic rings. The lowest BCUT2D eigenvalue weighted by atomic mass is 10.1. The Morgan fingerprint density at radius 3 is 2.69 bits per heavy atom. The first-order valence-corrected chi connectivity index (χ1v) is 5.37. The average Bonchev–Trinajstić information content (AvgIpc) is 2.61. The molecule has 74 valence electrons. The Hall–Kier alpha value is -0.280. The van der Waals surface area contributed by atoms with Crippen molar-refractivity contribution in [1.82, 2.24) is 14.8 Å². The van der Waals surface area contributed by atoms with Crippen LogP contribution in [-0.2, 0) is 13.0 Å². The molecule has 0 aliphatic carbocycles. The highest BCUT2D eigenvalue weighted by Crippen LogP contribution is 2.09. The molecule has 0 unspecified atom stereocenters. The van der Waals surface area contributed by atoms with Gasteiger partial charge in [-0.25, -0.2) is 4.98 Å². The molecule has 0 fully saturated rings. The van der Waals surface area contributed by atoms with Gasteiger partial charge in [-0.1, -0.05) is 0 Å². The monoisotopic (exact) mass is 221 g/mol. The number of halogens is 2. The summed E-state index contributed by atoms with van der Waals surface area (Å²) in [7, 11) is 0. The van der Waals surface area contributed by atoms with Gasteiger partial charge in [-0.2, -0.15) is 5.10 Å². The molecule has 0 amide bonds. The largest absolute Gasteiger partial charge is 0.250 e. The standard InChI is InChI=1S/C8H13Cl2N3/c1-2-13-8(11-6-12-13)3-7(4-9)5-10/h6-7H,2-5H2,1H3. The van der Waals surface area contributed by atoms with E-state index >= 15 is 0 Å². The second-order valence-corrected chi connectivity index (χ2v) is 3.49. The third kappa shape index (κ3) is 2.85. The van der Waals surface area contributed by atoms with Gasteiger partial charge in [0.15, 0.2) is 0 Å². The summed E-state index contributed by atoms with van der Waals surface area (Å²) in [4.78, 5) is 4.16. The molecule has 0 saturated carbocycles. The Morgan fingerprint density at radius 2 is 2.15 bits per heavy atom. The van der Waals surface area contributed by atoms with Crippen molar-refractivity contribution < 1.29 is 0 Å². The first kappa shape index (κ1) is 10.8. The highest BCUT2D eigenvalue weighted by Gasteiger charge is 2.11. The molecule has 1 heterocycles. The molecular weight excluding hydrogens is 209 g/mol. The van der Waals surface area contributed by atoms with Crippen molar-refractivity contribution in [2.24, 2.45) is 5.92 Å². The number of alkyl halides is 2. The van der Waals surface area contributed by atoms with Gasteiger partial charge in [0.05, 0.1) is 0 Å². The Bertz CT molecular complexity index is 245. The van der Waals surface area contributed by atoms with E-state index in [4.69, 9.17) is 23.2 Å². The number of hydrogen-bond donors (Lipinski definition) is 0. The van der Waals surface area contributed by atoms with Gasteiger partial charge in [-0.05, 0) is 12.8 Å². The zero-order valence-corrected chi connectivity index (χ0v) is 9.09. The maximum Gasteiger partial charge on any atom is 0.138 e. The maximum atomic E-state index is 5.74. The molecule has 1 aromatic heterocycles. The van der Waals surface area contributed by atoms with Gasteiger partial charge in [0.1, 0.15) is 12.2 Å². The Morgan fingerprint density at radius 1 is 1.46 bits per heavy atom. The van der Waals surface area contributed by atoms with Gasteiger partial charge in [-0.3, -0.25) is 4.68 Å². The van der Waals surface area contributed by atoms with E-state index in [1.165, 1.54) is 0 Å². The summed E-state index contributed by atoms with van der Waals surface area (Å²) >= 11 is 11.5. The smallest absolute Gasteiger partial charge is 0.138 e. The van der Waals surface area contributed by atoms with Gasteiger partial charge >= 0.3 is 0 Å². The molecular formula is C8H13Cl2N3. The molecule has 0 aliphatic heterocycles. The second kappa shape index (κ2) is 5.45. The van der Waals surface area contributed by atoms with Crippen LogP contribution in [-0.4, -0.2) is 26.5 Å². The molecule has 13 heavy (non-hydrogen) atoms. The van der Waals surface area contributed by atoms with Crippen molar-refractivity contribution >= 4 is 23.2 Å². The topological polar surface area (TPSA) is 30.7 Å². The zero-order chi connectivity index (χ0) is 9.68. The molecule has 0 N–H and O–H groups in total. The number of nitrogens with zero attached hydrogens (tertiary/aromatic N) is 3. The Labute approximate surface area is 88.1 Å². The zero-order valence-electron chi connectivity index (χ0n) is 7.58. The summed E-state index contributed by atoms with van der Waals surface area (Å²) in [5, 5.41) is 4.08. The molecule has 0 radical (unpaired) electrons. The summed E-state index contributed by atoms with van der Waals surface area (Å²) in [5.74, 6) is 2.40. The predicted octanol–water partition coefficient (Wildman–Crippen LogP) is 1.93. The van der Waals surface area contributed by atoms with Gasteiger partial charge in [0.25, 0.3) is 0 Å². The van der Waals surface area contributed by atoms with Crippen LogP contribution in [0.15, 0.2) is 6.33 Å². The van der Waals surface area contributed by atoms with E-state index in [-0.39, 0.29) is 5.92 Å². The molecule has 0 bridgehead atoms. The van der Waals surface area contributed by atoms with Crippen LogP contribution in [0.2, 0.25) is 0 Å². The van der Waals surface area contributed by atoms with E-state index in [0.29, 0.717) is 11.8 Å². The fourth-order valence-electron chi connectivity index (χ4n) is 1.12. The van der Waals surface area contributed by atoms with Gasteiger partial charge in [0.2, 0.25) is 0 Å². The molecule has 0 aromatic carbocycles. The molecule has 1 rings (SSSR count). The van der Waals surface area contributed by atoms with Gasteiger partial charge in [-0.15, -0.1) is 23.2 Å². The van der Waals surface area contributed by atoms with E-state index in [1.54, 1.807) is 6.33 Å². The lowest BCUT2D eigenvalue weighted by Gasteiger charge is -2.09. The number of aromatic nitrogens is 3. The summed E-state index contributed by atoms with van der Waals surface area (Å²) in [6, 6.07) is 0. The highest BCUT2D eigenvalue weighted by molar-refractivity contribution is 6.20. The van der Waals surface area contributed by atoms with Gasteiger partial charge in [0, 0.05) is 24.7 Å². The summed E-state index contributed by atoms with van der Waals surface area (Å²) < 4.78 is 1.87. The van der Waals surface area contributed by atoms with Crippen LogP contribution in [0.25, 0.3) is 0 Å². The maximum absolute atomic E-state index is 5.74. The lowest BCUT2D eigenvalue weighted by molar-refractivity contribution is 0.559. The van der Waals surface area contributed by atoms with Gasteiger partial charge < -0.3 is 0 Å². The van der Waals surface area contributed by atoms with E-state index in [9.17, 15) is 0 Å². The normalized spacial score (nSPS) is 11.1. The molecule has 5 heteroatoms. The van der Waals surface area contributed by atoms with Crippen molar-refractivity contribution in [3.05, 3.63) is 12.2 Å². The van der Waals surface area contributed by atoms with Crippen LogP contribution in [0.4, 0.5) is 0 Å². The van der Waals surface area contributed by atoms with Crippen LogP contribution in [0.3, 0.4) is 0 Å². The van der Waals surface area contributed by atoms with Crippen LogP contribution >= 0.6 is 23.2 Å². The quantitative estimate of drug-likeness (QED) is 0.712. The Kier molecular flexibility index (Phi) is 4.53. The second-order valence-electron chi connectivity index (χ2n) is 2.87. The van der Waals surface area contributed by atoms with E-state index in [0.717, 1.165) is 18.8 Å². The first-order valence-electron chi connectivity index (χ1n) is 4.30. The summed E-state index contributed by atoms with van der Waals surface area (Å²) in [5.41, 5.74) is 0. The van der Waals surface area contributed by atoms with E-state index in [2.05, 4.69) is 10.1 Å². The number of hydrogen-bond acceptors (Lipinski definition) is 2. The molecule has 0 saturated heterocycles. The molecule has 3 nitrogen and oxygen atoms in total. The third-order valence-corrected chi connectivity index (χ3v) is 2.78. The third-order valence-electron chi connectivity index (χ3n) is 1.90. The summed E-state index contributed by atoms with van der Waals surface area (Å²) in [6.07, 6.45) is 2.37. The van der Waals surface area contributed by atoms with E-state index < -0.39 is 0 Å². The fourth-order valence-corrected chi connectivity index (χ4v) is 1.67. The average molecular weight is 222 g/mol. The Balaban J connectivity index is 2.61. The predicted molar refractivity (Wildman–Crippen MR) is 54.3 cm³/mol.